The summed E-state index contributed by atoms with van der Waals surface area (Å²) in [6.07, 6.45) is 3.24. The zero-order valence-electron chi connectivity index (χ0n) is 21.4. The SMILES string of the molecule is CCc1ccc(S(=O)(=O)c2cnc3ccc(C)cc3c2N2CCC(O)(c3cccc(OC)c3)CC2)cc1. The molecule has 0 bridgehead atoms. The number of aliphatic hydroxyl groups is 1. The van der Waals surface area contributed by atoms with E-state index in [-0.39, 0.29) is 9.79 Å². The Kier molecular flexibility index (Phi) is 6.68. The van der Waals surface area contributed by atoms with E-state index in [1.54, 1.807) is 19.2 Å². The van der Waals surface area contributed by atoms with Crippen LogP contribution in [0.4, 0.5) is 5.69 Å². The fraction of sp³-hybridized carbons (Fsp3) is 0.300. The number of benzene rings is 3. The summed E-state index contributed by atoms with van der Waals surface area (Å²) in [4.78, 5) is 7.07. The highest BCUT2D eigenvalue weighted by molar-refractivity contribution is 7.91. The summed E-state index contributed by atoms with van der Waals surface area (Å²) in [5.74, 6) is 0.700. The highest BCUT2D eigenvalue weighted by Gasteiger charge is 2.36. The number of hydrogen-bond acceptors (Lipinski definition) is 6. The number of nitrogens with zero attached hydrogens (tertiary/aromatic N) is 2. The first-order valence-electron chi connectivity index (χ1n) is 12.6. The van der Waals surface area contributed by atoms with Crippen LogP contribution in [0.25, 0.3) is 10.9 Å². The van der Waals surface area contributed by atoms with E-state index >= 15 is 0 Å². The van der Waals surface area contributed by atoms with Gasteiger partial charge < -0.3 is 14.7 Å². The number of fused-ring (bicyclic) bond motifs is 1. The molecule has 0 saturated carbocycles. The highest BCUT2D eigenvalue weighted by atomic mass is 32.2. The van der Waals surface area contributed by atoms with Gasteiger partial charge in [0.15, 0.2) is 0 Å². The van der Waals surface area contributed by atoms with Gasteiger partial charge in [0.1, 0.15) is 10.6 Å². The third-order valence-electron chi connectivity index (χ3n) is 7.41. The third kappa shape index (κ3) is 4.69. The predicted molar refractivity (Wildman–Crippen MR) is 146 cm³/mol. The van der Waals surface area contributed by atoms with Crippen LogP contribution in [0.5, 0.6) is 5.75 Å². The standard InChI is InChI=1S/C30H32N2O4S/c1-4-22-9-11-25(12-10-22)37(34,35)28-20-31-27-13-8-21(2)18-26(27)29(28)32-16-14-30(33,15-17-32)23-6-5-7-24(19-23)36-3/h5-13,18-20,33H,4,14-17H2,1-3H3. The molecule has 192 valence electrons. The zero-order chi connectivity index (χ0) is 26.2. The Hall–Kier alpha value is -3.42. The monoisotopic (exact) mass is 516 g/mol. The second-order valence-electron chi connectivity index (χ2n) is 9.74. The lowest BCUT2D eigenvalue weighted by atomic mass is 9.84. The number of sulfone groups is 1. The number of hydrogen-bond donors (Lipinski definition) is 1. The van der Waals surface area contributed by atoms with Crippen molar-refractivity contribution in [2.45, 2.75) is 48.5 Å². The Labute approximate surface area is 218 Å². The van der Waals surface area contributed by atoms with Crippen molar-refractivity contribution >= 4 is 26.4 Å². The highest BCUT2D eigenvalue weighted by Crippen LogP contribution is 2.41. The minimum absolute atomic E-state index is 0.196. The lowest BCUT2D eigenvalue weighted by Crippen LogP contribution is -2.43. The van der Waals surface area contributed by atoms with Gasteiger partial charge in [-0.1, -0.05) is 42.8 Å². The summed E-state index contributed by atoms with van der Waals surface area (Å²) in [6, 6.07) is 20.5. The molecule has 1 aliphatic heterocycles. The Bertz CT molecular complexity index is 1540. The summed E-state index contributed by atoms with van der Waals surface area (Å²) < 4.78 is 33.2. The Balaban J connectivity index is 1.57. The minimum atomic E-state index is -3.82. The van der Waals surface area contributed by atoms with Gasteiger partial charge in [0.05, 0.1) is 28.8 Å². The van der Waals surface area contributed by atoms with Crippen molar-refractivity contribution in [3.63, 3.8) is 0 Å². The molecule has 0 radical (unpaired) electrons. The van der Waals surface area contributed by atoms with Crippen molar-refractivity contribution in [2.75, 3.05) is 25.1 Å². The topological polar surface area (TPSA) is 79.7 Å². The number of rotatable bonds is 6. The Morgan fingerprint density at radius 1 is 1.03 bits per heavy atom. The molecular formula is C30H32N2O4S. The molecule has 4 aromatic rings. The molecule has 1 N–H and O–H groups in total. The van der Waals surface area contributed by atoms with Gasteiger partial charge in [-0.25, -0.2) is 8.42 Å². The second-order valence-corrected chi connectivity index (χ2v) is 11.7. The maximum Gasteiger partial charge on any atom is 0.210 e. The first-order chi connectivity index (χ1) is 17.7. The maximum absolute atomic E-state index is 13.9. The van der Waals surface area contributed by atoms with Crippen LogP contribution in [-0.2, 0) is 21.9 Å². The molecule has 2 heterocycles. The van der Waals surface area contributed by atoms with Gasteiger partial charge in [0.2, 0.25) is 9.84 Å². The second kappa shape index (κ2) is 9.80. The molecule has 0 spiro atoms. The van der Waals surface area contributed by atoms with Crippen molar-refractivity contribution in [3.05, 3.63) is 89.6 Å². The maximum atomic E-state index is 13.9. The molecule has 37 heavy (non-hydrogen) atoms. The van der Waals surface area contributed by atoms with Gasteiger partial charge in [0, 0.05) is 24.7 Å². The summed E-state index contributed by atoms with van der Waals surface area (Å²) in [6.45, 7) is 5.03. The normalized spacial score (nSPS) is 15.6. The van der Waals surface area contributed by atoms with E-state index in [1.807, 2.05) is 68.4 Å². The van der Waals surface area contributed by atoms with E-state index < -0.39 is 15.4 Å². The average molecular weight is 517 g/mol. The van der Waals surface area contributed by atoms with Crippen molar-refractivity contribution in [1.29, 1.82) is 0 Å². The molecule has 1 aromatic heterocycles. The number of anilines is 1. The molecular weight excluding hydrogens is 484 g/mol. The fourth-order valence-corrected chi connectivity index (χ4v) is 6.56. The smallest absolute Gasteiger partial charge is 0.210 e. The largest absolute Gasteiger partial charge is 0.497 e. The first-order valence-corrected chi connectivity index (χ1v) is 14.1. The van der Waals surface area contributed by atoms with Crippen LogP contribution in [0.15, 0.2) is 82.7 Å². The molecule has 1 aliphatic rings. The van der Waals surface area contributed by atoms with Gasteiger partial charge in [-0.15, -0.1) is 0 Å². The summed E-state index contributed by atoms with van der Waals surface area (Å²) in [5.41, 5.74) is 3.31. The molecule has 3 aromatic carbocycles. The molecule has 0 unspecified atom stereocenters. The average Bonchev–Trinajstić information content (AvgIpc) is 2.93. The number of ether oxygens (including phenoxy) is 1. The lowest BCUT2D eigenvalue weighted by Gasteiger charge is -2.40. The molecule has 0 amide bonds. The zero-order valence-corrected chi connectivity index (χ0v) is 22.3. The summed E-state index contributed by atoms with van der Waals surface area (Å²) >= 11 is 0. The number of methoxy groups -OCH3 is 1. The van der Waals surface area contributed by atoms with Crippen LogP contribution < -0.4 is 9.64 Å². The molecule has 7 heteroatoms. The van der Waals surface area contributed by atoms with Crippen LogP contribution in [0.1, 0.15) is 36.5 Å². The van der Waals surface area contributed by atoms with Crippen LogP contribution in [-0.4, -0.2) is 38.7 Å². The number of piperidine rings is 1. The van der Waals surface area contributed by atoms with E-state index in [9.17, 15) is 13.5 Å². The molecule has 1 saturated heterocycles. The van der Waals surface area contributed by atoms with Crippen molar-refractivity contribution in [3.8, 4) is 5.75 Å². The van der Waals surface area contributed by atoms with Gasteiger partial charge in [0.25, 0.3) is 0 Å². The number of pyridine rings is 1. The summed E-state index contributed by atoms with van der Waals surface area (Å²) in [5, 5.41) is 12.3. The van der Waals surface area contributed by atoms with Gasteiger partial charge >= 0.3 is 0 Å². The van der Waals surface area contributed by atoms with E-state index in [1.165, 1.54) is 6.20 Å². The van der Waals surface area contributed by atoms with Crippen molar-refractivity contribution in [1.82, 2.24) is 4.98 Å². The van der Waals surface area contributed by atoms with E-state index in [4.69, 9.17) is 4.74 Å². The Morgan fingerprint density at radius 2 is 1.76 bits per heavy atom. The molecule has 5 rings (SSSR count). The van der Waals surface area contributed by atoms with Gasteiger partial charge in [-0.05, 0) is 73.7 Å². The van der Waals surface area contributed by atoms with Crippen LogP contribution in [0.3, 0.4) is 0 Å². The van der Waals surface area contributed by atoms with E-state index in [0.29, 0.717) is 37.4 Å². The fourth-order valence-electron chi connectivity index (χ4n) is 5.13. The minimum Gasteiger partial charge on any atom is -0.497 e. The summed E-state index contributed by atoms with van der Waals surface area (Å²) in [7, 11) is -2.21. The van der Waals surface area contributed by atoms with E-state index in [2.05, 4.69) is 9.88 Å². The lowest BCUT2D eigenvalue weighted by molar-refractivity contribution is 0.0116. The number of aromatic nitrogens is 1. The van der Waals surface area contributed by atoms with E-state index in [0.717, 1.165) is 34.0 Å². The van der Waals surface area contributed by atoms with Crippen molar-refractivity contribution < 1.29 is 18.3 Å². The predicted octanol–water partition coefficient (Wildman–Crippen LogP) is 5.44. The molecule has 1 fully saturated rings. The Morgan fingerprint density at radius 3 is 2.43 bits per heavy atom. The molecule has 6 nitrogen and oxygen atoms in total. The van der Waals surface area contributed by atoms with Crippen LogP contribution in [0, 0.1) is 6.92 Å². The number of aryl methyl sites for hydroxylation is 2. The third-order valence-corrected chi connectivity index (χ3v) is 9.18. The van der Waals surface area contributed by atoms with Crippen molar-refractivity contribution in [2.24, 2.45) is 0 Å². The molecule has 0 atom stereocenters. The van der Waals surface area contributed by atoms with Gasteiger partial charge in [-0.2, -0.15) is 0 Å². The van der Waals surface area contributed by atoms with Crippen LogP contribution in [0.2, 0.25) is 0 Å². The van der Waals surface area contributed by atoms with Gasteiger partial charge in [-0.3, -0.25) is 4.98 Å². The first kappa shape index (κ1) is 25.2. The van der Waals surface area contributed by atoms with Crippen LogP contribution >= 0.6 is 0 Å². The quantitative estimate of drug-likeness (QED) is 0.368. The molecule has 0 aliphatic carbocycles.